The molecule has 0 aromatic carbocycles. The zero-order valence-electron chi connectivity index (χ0n) is 10.9. The fourth-order valence-corrected chi connectivity index (χ4v) is 1.52. The Bertz CT molecular complexity index is 531. The summed E-state index contributed by atoms with van der Waals surface area (Å²) in [5.74, 6) is 0.390. The molecule has 0 aliphatic heterocycles. The molecule has 0 aliphatic carbocycles. The number of nitrogens with one attached hydrogen (secondary N) is 2. The molecule has 1 atom stereocenters. The summed E-state index contributed by atoms with van der Waals surface area (Å²) in [5.41, 5.74) is 0.905. The second-order valence-corrected chi connectivity index (χ2v) is 4.67. The molecule has 1 amide bonds. The highest BCUT2D eigenvalue weighted by atomic mass is 16.3. The molecule has 0 fully saturated rings. The Kier molecular flexibility index (Phi) is 4.01. The van der Waals surface area contributed by atoms with Crippen LogP contribution >= 0.6 is 0 Å². The lowest BCUT2D eigenvalue weighted by molar-refractivity contribution is 0.0867. The molecule has 2 aromatic heterocycles. The molecule has 2 aromatic rings. The highest BCUT2D eigenvalue weighted by Crippen LogP contribution is 2.17. The monoisotopic (exact) mass is 263 g/mol. The van der Waals surface area contributed by atoms with E-state index in [1.165, 1.54) is 0 Å². The van der Waals surface area contributed by atoms with Crippen LogP contribution in [0.4, 0.5) is 0 Å². The van der Waals surface area contributed by atoms with Crippen LogP contribution in [0.3, 0.4) is 0 Å². The van der Waals surface area contributed by atoms with Crippen LogP contribution in [0.1, 0.15) is 24.3 Å². The maximum atomic E-state index is 11.8. The molecule has 0 saturated heterocycles. The highest BCUT2D eigenvalue weighted by molar-refractivity contribution is 5.93. The third-order valence-corrected chi connectivity index (χ3v) is 2.84. The zero-order chi connectivity index (χ0) is 13.8. The van der Waals surface area contributed by atoms with Gasteiger partial charge in [-0.05, 0) is 18.1 Å². The first-order valence-electron chi connectivity index (χ1n) is 6.13. The first kappa shape index (κ1) is 13.4. The van der Waals surface area contributed by atoms with Crippen LogP contribution in [0, 0.1) is 5.92 Å². The average Bonchev–Trinajstić information content (AvgIpc) is 3.04. The molecule has 6 heteroatoms. The molecule has 0 spiro atoms. The molecule has 2 rings (SSSR count). The van der Waals surface area contributed by atoms with Crippen molar-refractivity contribution < 1.29 is 14.3 Å². The summed E-state index contributed by atoms with van der Waals surface area (Å²) in [7, 11) is 0. The van der Waals surface area contributed by atoms with Crippen molar-refractivity contribution in [3.05, 3.63) is 30.2 Å². The van der Waals surface area contributed by atoms with E-state index < -0.39 is 6.10 Å². The maximum absolute atomic E-state index is 11.8. The van der Waals surface area contributed by atoms with Crippen molar-refractivity contribution in [3.63, 3.8) is 0 Å². The Labute approximate surface area is 110 Å². The van der Waals surface area contributed by atoms with E-state index in [0.29, 0.717) is 11.5 Å². The lowest BCUT2D eigenvalue weighted by Crippen LogP contribution is -2.34. The van der Waals surface area contributed by atoms with Crippen molar-refractivity contribution in [2.24, 2.45) is 5.92 Å². The lowest BCUT2D eigenvalue weighted by atomic mass is 10.1. The Morgan fingerprint density at radius 3 is 3.00 bits per heavy atom. The first-order valence-corrected chi connectivity index (χ1v) is 6.13. The van der Waals surface area contributed by atoms with Gasteiger partial charge >= 0.3 is 0 Å². The van der Waals surface area contributed by atoms with E-state index in [2.05, 4.69) is 15.5 Å². The van der Waals surface area contributed by atoms with Crippen molar-refractivity contribution in [1.29, 1.82) is 0 Å². The Morgan fingerprint density at radius 1 is 1.58 bits per heavy atom. The summed E-state index contributed by atoms with van der Waals surface area (Å²) in [6, 6.07) is 5.14. The van der Waals surface area contributed by atoms with E-state index in [1.807, 2.05) is 13.8 Å². The largest absolute Gasteiger partial charge is 0.463 e. The summed E-state index contributed by atoms with van der Waals surface area (Å²) < 4.78 is 5.20. The second kappa shape index (κ2) is 5.71. The van der Waals surface area contributed by atoms with Gasteiger partial charge in [-0.15, -0.1) is 0 Å². The molecule has 0 saturated carbocycles. The first-order chi connectivity index (χ1) is 9.08. The van der Waals surface area contributed by atoms with Gasteiger partial charge in [-0.1, -0.05) is 13.8 Å². The molecular formula is C13H17N3O3. The van der Waals surface area contributed by atoms with Crippen LogP contribution in [0.15, 0.2) is 28.9 Å². The van der Waals surface area contributed by atoms with E-state index in [1.54, 1.807) is 24.5 Å². The number of furan rings is 1. The number of aliphatic hydroxyl groups excluding tert-OH is 1. The fourth-order valence-electron chi connectivity index (χ4n) is 1.52. The van der Waals surface area contributed by atoms with Gasteiger partial charge in [0.2, 0.25) is 0 Å². The minimum atomic E-state index is -0.563. The molecule has 1 unspecified atom stereocenters. The van der Waals surface area contributed by atoms with Crippen molar-refractivity contribution >= 4 is 5.91 Å². The Morgan fingerprint density at radius 2 is 2.37 bits per heavy atom. The number of nitrogens with zero attached hydrogens (tertiary/aromatic N) is 1. The third-order valence-electron chi connectivity index (χ3n) is 2.84. The topological polar surface area (TPSA) is 91.1 Å². The van der Waals surface area contributed by atoms with Crippen LogP contribution in [0.5, 0.6) is 0 Å². The number of carbonyl (C=O) groups excluding carboxylic acids is 1. The second-order valence-electron chi connectivity index (χ2n) is 4.67. The Balaban J connectivity index is 1.97. The summed E-state index contributed by atoms with van der Waals surface area (Å²) in [4.78, 5) is 11.8. The standard InChI is InChI=1S/C13H17N3O3/c1-8(2)11(17)7-14-13(18)10-6-9(15-16-10)12-4-3-5-19-12/h3-6,8,11,17H,7H2,1-2H3,(H,14,18)(H,15,16). The molecule has 2 heterocycles. The minimum absolute atomic E-state index is 0.0955. The van der Waals surface area contributed by atoms with Gasteiger partial charge < -0.3 is 14.8 Å². The molecule has 0 radical (unpaired) electrons. The molecule has 0 aliphatic rings. The van der Waals surface area contributed by atoms with Crippen LogP contribution in [0.25, 0.3) is 11.5 Å². The SMILES string of the molecule is CC(C)C(O)CNC(=O)c1cc(-c2ccco2)[nH]n1. The van der Waals surface area contributed by atoms with E-state index in [4.69, 9.17) is 4.42 Å². The summed E-state index contributed by atoms with van der Waals surface area (Å²) in [5, 5.41) is 18.9. The van der Waals surface area contributed by atoms with Gasteiger partial charge in [0.1, 0.15) is 5.69 Å². The quantitative estimate of drug-likeness (QED) is 0.760. The summed E-state index contributed by atoms with van der Waals surface area (Å²) in [6.07, 6.45) is 0.988. The predicted octanol–water partition coefficient (Wildman–Crippen LogP) is 1.42. The predicted molar refractivity (Wildman–Crippen MR) is 69.5 cm³/mol. The van der Waals surface area contributed by atoms with Gasteiger partial charge in [0.15, 0.2) is 11.5 Å². The fraction of sp³-hybridized carbons (Fsp3) is 0.385. The van der Waals surface area contributed by atoms with Crippen LogP contribution in [-0.2, 0) is 0 Å². The number of hydrogen-bond donors (Lipinski definition) is 3. The highest BCUT2D eigenvalue weighted by Gasteiger charge is 2.15. The minimum Gasteiger partial charge on any atom is -0.463 e. The van der Waals surface area contributed by atoms with Crippen molar-refractivity contribution in [3.8, 4) is 11.5 Å². The molecule has 102 valence electrons. The van der Waals surface area contributed by atoms with Crippen LogP contribution in [0.2, 0.25) is 0 Å². The number of rotatable bonds is 5. The van der Waals surface area contributed by atoms with Gasteiger partial charge in [-0.25, -0.2) is 0 Å². The van der Waals surface area contributed by atoms with E-state index in [-0.39, 0.29) is 24.1 Å². The van der Waals surface area contributed by atoms with Crippen LogP contribution in [-0.4, -0.2) is 33.9 Å². The number of H-pyrrole nitrogens is 1. The number of aliphatic hydroxyl groups is 1. The Hall–Kier alpha value is -2.08. The molecule has 0 bridgehead atoms. The van der Waals surface area contributed by atoms with Crippen molar-refractivity contribution in [2.75, 3.05) is 6.54 Å². The van der Waals surface area contributed by atoms with Gasteiger partial charge in [0.05, 0.1) is 12.4 Å². The smallest absolute Gasteiger partial charge is 0.271 e. The average molecular weight is 263 g/mol. The normalized spacial score (nSPS) is 12.6. The third kappa shape index (κ3) is 3.23. The van der Waals surface area contributed by atoms with Crippen molar-refractivity contribution in [2.45, 2.75) is 20.0 Å². The number of aromatic amines is 1. The summed E-state index contributed by atoms with van der Waals surface area (Å²) >= 11 is 0. The zero-order valence-corrected chi connectivity index (χ0v) is 10.9. The van der Waals surface area contributed by atoms with E-state index in [9.17, 15) is 9.90 Å². The van der Waals surface area contributed by atoms with Gasteiger partial charge in [-0.2, -0.15) is 5.10 Å². The molecular weight excluding hydrogens is 246 g/mol. The van der Waals surface area contributed by atoms with E-state index >= 15 is 0 Å². The number of carbonyl (C=O) groups is 1. The van der Waals surface area contributed by atoms with Gasteiger partial charge in [0.25, 0.3) is 5.91 Å². The van der Waals surface area contributed by atoms with Gasteiger partial charge in [0, 0.05) is 12.6 Å². The van der Waals surface area contributed by atoms with Crippen molar-refractivity contribution in [1.82, 2.24) is 15.5 Å². The van der Waals surface area contributed by atoms with Crippen LogP contribution < -0.4 is 5.32 Å². The lowest BCUT2D eigenvalue weighted by Gasteiger charge is -2.14. The van der Waals surface area contributed by atoms with Gasteiger partial charge in [-0.3, -0.25) is 9.89 Å². The molecule has 19 heavy (non-hydrogen) atoms. The molecule has 3 N–H and O–H groups in total. The number of hydrogen-bond acceptors (Lipinski definition) is 4. The number of aromatic nitrogens is 2. The molecule has 6 nitrogen and oxygen atoms in total. The summed E-state index contributed by atoms with van der Waals surface area (Å²) in [6.45, 7) is 3.99. The van der Waals surface area contributed by atoms with E-state index in [0.717, 1.165) is 0 Å². The number of amides is 1. The maximum Gasteiger partial charge on any atom is 0.271 e.